The van der Waals surface area contributed by atoms with E-state index in [9.17, 15) is 4.79 Å². The molecule has 1 aromatic heterocycles. The molecule has 1 heterocycles. The number of aryl methyl sites for hydroxylation is 2. The minimum absolute atomic E-state index is 0.209. The second-order valence-electron chi connectivity index (χ2n) is 4.89. The molecule has 19 heavy (non-hydrogen) atoms. The fourth-order valence-electron chi connectivity index (χ4n) is 1.58. The number of nitrogens with one attached hydrogen (secondary N) is 1. The Hall–Kier alpha value is -1.14. The molecular formula is C13H22N4OS. The SMILES string of the molecule is Cc1nc(SCC(NC(C)C)C(N)=O)nc(C)c1C. The number of amides is 1. The standard InChI is InChI=1S/C13H22N4OS/c1-7(2)15-11(12(14)18)6-19-13-16-9(4)8(3)10(5)17-13/h7,11,15H,6H2,1-5H3,(H2,14,18). The van der Waals surface area contributed by atoms with Crippen molar-refractivity contribution in [3.05, 3.63) is 17.0 Å². The molecule has 0 aliphatic carbocycles. The van der Waals surface area contributed by atoms with Crippen molar-refractivity contribution in [1.82, 2.24) is 15.3 Å². The van der Waals surface area contributed by atoms with Crippen LogP contribution in [0.3, 0.4) is 0 Å². The van der Waals surface area contributed by atoms with E-state index >= 15 is 0 Å². The molecule has 0 radical (unpaired) electrons. The Balaban J connectivity index is 2.72. The third-order valence-electron chi connectivity index (χ3n) is 2.87. The Morgan fingerprint density at radius 2 is 1.79 bits per heavy atom. The lowest BCUT2D eigenvalue weighted by atomic mass is 10.2. The highest BCUT2D eigenvalue weighted by Crippen LogP contribution is 2.18. The number of hydrogen-bond donors (Lipinski definition) is 2. The maximum atomic E-state index is 11.3. The van der Waals surface area contributed by atoms with Crippen LogP contribution >= 0.6 is 11.8 Å². The van der Waals surface area contributed by atoms with Gasteiger partial charge in [0.25, 0.3) is 0 Å². The van der Waals surface area contributed by atoms with Gasteiger partial charge in [0.05, 0.1) is 6.04 Å². The zero-order chi connectivity index (χ0) is 14.6. The van der Waals surface area contributed by atoms with Crippen LogP contribution in [0.5, 0.6) is 0 Å². The third-order valence-corrected chi connectivity index (χ3v) is 3.81. The number of carbonyl (C=O) groups is 1. The number of rotatable bonds is 6. The summed E-state index contributed by atoms with van der Waals surface area (Å²) in [4.78, 5) is 20.2. The van der Waals surface area contributed by atoms with Gasteiger partial charge < -0.3 is 11.1 Å². The number of nitrogens with zero attached hydrogens (tertiary/aromatic N) is 2. The smallest absolute Gasteiger partial charge is 0.235 e. The quantitative estimate of drug-likeness (QED) is 0.608. The van der Waals surface area contributed by atoms with Gasteiger partial charge in [0, 0.05) is 23.2 Å². The van der Waals surface area contributed by atoms with Crippen LogP contribution in [-0.2, 0) is 4.79 Å². The first kappa shape index (κ1) is 15.9. The highest BCUT2D eigenvalue weighted by atomic mass is 32.2. The summed E-state index contributed by atoms with van der Waals surface area (Å²) < 4.78 is 0. The molecule has 0 saturated carbocycles. The van der Waals surface area contributed by atoms with Gasteiger partial charge in [0.1, 0.15) is 0 Å². The van der Waals surface area contributed by atoms with Gasteiger partial charge in [-0.15, -0.1) is 0 Å². The summed E-state index contributed by atoms with van der Waals surface area (Å²) in [6, 6.07) is -0.156. The number of nitrogens with two attached hydrogens (primary N) is 1. The Morgan fingerprint density at radius 1 is 1.26 bits per heavy atom. The normalized spacial score (nSPS) is 12.7. The van der Waals surface area contributed by atoms with Crippen molar-refractivity contribution in [2.45, 2.75) is 51.9 Å². The third kappa shape index (κ3) is 4.80. The number of primary amides is 1. The Labute approximate surface area is 118 Å². The van der Waals surface area contributed by atoms with Gasteiger partial charge in [-0.2, -0.15) is 0 Å². The van der Waals surface area contributed by atoms with Crippen molar-refractivity contribution in [2.24, 2.45) is 5.73 Å². The van der Waals surface area contributed by atoms with E-state index in [4.69, 9.17) is 5.73 Å². The van der Waals surface area contributed by atoms with Crippen LogP contribution in [0.2, 0.25) is 0 Å². The fourth-order valence-corrected chi connectivity index (χ4v) is 2.56. The summed E-state index contributed by atoms with van der Waals surface area (Å²) in [6.45, 7) is 9.90. The summed E-state index contributed by atoms with van der Waals surface area (Å²) >= 11 is 1.45. The van der Waals surface area contributed by atoms with Crippen LogP contribution in [0.4, 0.5) is 0 Å². The molecule has 106 valence electrons. The molecule has 1 rings (SSSR count). The Kier molecular flexibility index (Phi) is 5.75. The molecule has 1 unspecified atom stereocenters. The van der Waals surface area contributed by atoms with Crippen LogP contribution < -0.4 is 11.1 Å². The molecule has 0 fully saturated rings. The lowest BCUT2D eigenvalue weighted by molar-refractivity contribution is -0.119. The molecule has 1 amide bonds. The van der Waals surface area contributed by atoms with E-state index in [1.54, 1.807) is 0 Å². The van der Waals surface area contributed by atoms with Crippen molar-refractivity contribution in [2.75, 3.05) is 5.75 Å². The summed E-state index contributed by atoms with van der Waals surface area (Å²) in [5.41, 5.74) is 8.43. The van der Waals surface area contributed by atoms with Gasteiger partial charge >= 0.3 is 0 Å². The van der Waals surface area contributed by atoms with E-state index in [0.29, 0.717) is 10.9 Å². The van der Waals surface area contributed by atoms with Crippen LogP contribution in [0.15, 0.2) is 5.16 Å². The molecule has 0 aromatic carbocycles. The molecule has 3 N–H and O–H groups in total. The van der Waals surface area contributed by atoms with E-state index in [1.165, 1.54) is 11.8 Å². The van der Waals surface area contributed by atoms with E-state index < -0.39 is 0 Å². The van der Waals surface area contributed by atoms with E-state index in [1.807, 2.05) is 34.6 Å². The van der Waals surface area contributed by atoms with Gasteiger partial charge in [-0.25, -0.2) is 9.97 Å². The van der Waals surface area contributed by atoms with Gasteiger partial charge in [0.2, 0.25) is 5.91 Å². The van der Waals surface area contributed by atoms with Crippen LogP contribution in [0.1, 0.15) is 30.8 Å². The monoisotopic (exact) mass is 282 g/mol. The Bertz CT molecular complexity index is 439. The molecule has 0 aliphatic rings. The van der Waals surface area contributed by atoms with E-state index in [0.717, 1.165) is 17.0 Å². The summed E-state index contributed by atoms with van der Waals surface area (Å²) in [5.74, 6) is 0.192. The maximum Gasteiger partial charge on any atom is 0.235 e. The molecule has 6 heteroatoms. The van der Waals surface area contributed by atoms with E-state index in [2.05, 4.69) is 15.3 Å². The predicted molar refractivity (Wildman–Crippen MR) is 78.2 cm³/mol. The Morgan fingerprint density at radius 3 is 2.21 bits per heavy atom. The van der Waals surface area contributed by atoms with Gasteiger partial charge in [-0.1, -0.05) is 25.6 Å². The number of aromatic nitrogens is 2. The molecule has 0 saturated heterocycles. The molecule has 1 aromatic rings. The molecule has 1 atom stereocenters. The fraction of sp³-hybridized carbons (Fsp3) is 0.615. The summed E-state index contributed by atoms with van der Waals surface area (Å²) in [6.07, 6.45) is 0. The zero-order valence-electron chi connectivity index (χ0n) is 12.2. The minimum Gasteiger partial charge on any atom is -0.368 e. The zero-order valence-corrected chi connectivity index (χ0v) is 13.0. The molecule has 0 bridgehead atoms. The minimum atomic E-state index is -0.365. The second-order valence-corrected chi connectivity index (χ2v) is 5.88. The van der Waals surface area contributed by atoms with Crippen LogP contribution in [-0.4, -0.2) is 33.7 Å². The average Bonchev–Trinajstić information content (AvgIpc) is 2.30. The van der Waals surface area contributed by atoms with Gasteiger partial charge in [-0.3, -0.25) is 4.79 Å². The molecular weight excluding hydrogens is 260 g/mol. The first-order chi connectivity index (χ1) is 8.81. The molecule has 0 spiro atoms. The highest BCUT2D eigenvalue weighted by molar-refractivity contribution is 7.99. The van der Waals surface area contributed by atoms with Crippen molar-refractivity contribution < 1.29 is 4.79 Å². The van der Waals surface area contributed by atoms with Crippen molar-refractivity contribution in [3.8, 4) is 0 Å². The molecule has 0 aliphatic heterocycles. The van der Waals surface area contributed by atoms with E-state index in [-0.39, 0.29) is 18.0 Å². The maximum absolute atomic E-state index is 11.3. The largest absolute Gasteiger partial charge is 0.368 e. The highest BCUT2D eigenvalue weighted by Gasteiger charge is 2.17. The lowest BCUT2D eigenvalue weighted by Gasteiger charge is -2.17. The van der Waals surface area contributed by atoms with Crippen molar-refractivity contribution in [3.63, 3.8) is 0 Å². The number of carbonyl (C=O) groups excluding carboxylic acids is 1. The lowest BCUT2D eigenvalue weighted by Crippen LogP contribution is -2.46. The average molecular weight is 282 g/mol. The molecule has 5 nitrogen and oxygen atoms in total. The second kappa shape index (κ2) is 6.86. The first-order valence-electron chi connectivity index (χ1n) is 6.31. The number of hydrogen-bond acceptors (Lipinski definition) is 5. The van der Waals surface area contributed by atoms with Gasteiger partial charge in [0.15, 0.2) is 5.16 Å². The van der Waals surface area contributed by atoms with Gasteiger partial charge in [-0.05, 0) is 26.3 Å². The first-order valence-corrected chi connectivity index (χ1v) is 7.29. The summed E-state index contributed by atoms with van der Waals surface area (Å²) in [5, 5.41) is 3.83. The topological polar surface area (TPSA) is 80.9 Å². The predicted octanol–water partition coefficient (Wildman–Crippen LogP) is 1.35. The van der Waals surface area contributed by atoms with Crippen molar-refractivity contribution in [1.29, 1.82) is 0 Å². The van der Waals surface area contributed by atoms with Crippen molar-refractivity contribution >= 4 is 17.7 Å². The van der Waals surface area contributed by atoms with Crippen LogP contribution in [0, 0.1) is 20.8 Å². The number of thioether (sulfide) groups is 1. The summed E-state index contributed by atoms with van der Waals surface area (Å²) in [7, 11) is 0. The van der Waals surface area contributed by atoms with Crippen LogP contribution in [0.25, 0.3) is 0 Å².